The van der Waals surface area contributed by atoms with Crippen LogP contribution in [0.4, 0.5) is 5.69 Å². The SMILES string of the molecule is CNC(=O)C(C)(C)CC(=O)Nc1cc(C)c(C(OC(C)(C)C)C(=O)O)cc1C. The molecule has 7 nitrogen and oxygen atoms in total. The highest BCUT2D eigenvalue weighted by Gasteiger charge is 2.31. The van der Waals surface area contributed by atoms with E-state index in [4.69, 9.17) is 4.74 Å². The van der Waals surface area contributed by atoms with Crippen molar-refractivity contribution in [2.24, 2.45) is 5.41 Å². The van der Waals surface area contributed by atoms with Gasteiger partial charge in [0.15, 0.2) is 6.10 Å². The van der Waals surface area contributed by atoms with E-state index in [1.54, 1.807) is 60.6 Å². The zero-order valence-corrected chi connectivity index (χ0v) is 18.0. The van der Waals surface area contributed by atoms with Crippen molar-refractivity contribution in [2.75, 3.05) is 12.4 Å². The fraction of sp³-hybridized carbons (Fsp3) is 0.571. The molecule has 0 aliphatic carbocycles. The van der Waals surface area contributed by atoms with Gasteiger partial charge in [0.2, 0.25) is 11.8 Å². The minimum absolute atomic E-state index is 0.0256. The van der Waals surface area contributed by atoms with E-state index in [1.807, 2.05) is 0 Å². The van der Waals surface area contributed by atoms with Gasteiger partial charge in [-0.3, -0.25) is 9.59 Å². The third-order valence-electron chi connectivity index (χ3n) is 4.31. The molecule has 0 aliphatic heterocycles. The van der Waals surface area contributed by atoms with E-state index in [2.05, 4.69) is 10.6 Å². The summed E-state index contributed by atoms with van der Waals surface area (Å²) in [6.45, 7) is 12.4. The number of rotatable bonds is 7. The zero-order valence-electron chi connectivity index (χ0n) is 18.0. The number of carbonyl (C=O) groups excluding carboxylic acids is 2. The summed E-state index contributed by atoms with van der Waals surface area (Å²) in [5.74, 6) is -1.57. The number of carboxylic acids is 1. The highest BCUT2D eigenvalue weighted by molar-refractivity contribution is 5.96. The number of aryl methyl sites for hydroxylation is 2. The number of aliphatic carboxylic acids is 1. The third kappa shape index (κ3) is 6.34. The predicted octanol–water partition coefficient (Wildman–Crippen LogP) is 3.35. The molecule has 0 bridgehead atoms. The number of anilines is 1. The maximum absolute atomic E-state index is 12.4. The quantitative estimate of drug-likeness (QED) is 0.660. The Hall–Kier alpha value is -2.41. The standard InChI is InChI=1S/C21H32N2O5/c1-12-10-15(23-16(24)11-21(6,7)19(27)22-8)13(2)9-14(12)17(18(25)26)28-20(3,4)5/h9-10,17H,11H2,1-8H3,(H,22,27)(H,23,24)(H,25,26). The minimum Gasteiger partial charge on any atom is -0.479 e. The molecule has 0 saturated heterocycles. The van der Waals surface area contributed by atoms with Crippen LogP contribution < -0.4 is 10.6 Å². The Morgan fingerprint density at radius 1 is 1.07 bits per heavy atom. The van der Waals surface area contributed by atoms with Crippen molar-refractivity contribution in [3.8, 4) is 0 Å². The van der Waals surface area contributed by atoms with E-state index >= 15 is 0 Å². The Bertz CT molecular complexity index is 763. The van der Waals surface area contributed by atoms with E-state index in [0.717, 1.165) is 5.56 Å². The summed E-state index contributed by atoms with van der Waals surface area (Å²) in [4.78, 5) is 36.0. The molecular formula is C21H32N2O5. The molecule has 0 aliphatic rings. The van der Waals surface area contributed by atoms with Gasteiger partial charge in [0.05, 0.1) is 11.0 Å². The molecular weight excluding hydrogens is 360 g/mol. The maximum Gasteiger partial charge on any atom is 0.337 e. The first-order valence-electron chi connectivity index (χ1n) is 9.21. The van der Waals surface area contributed by atoms with E-state index < -0.39 is 23.1 Å². The molecule has 28 heavy (non-hydrogen) atoms. The van der Waals surface area contributed by atoms with Gasteiger partial charge in [-0.15, -0.1) is 0 Å². The van der Waals surface area contributed by atoms with E-state index in [-0.39, 0.29) is 18.2 Å². The number of amides is 2. The van der Waals surface area contributed by atoms with Crippen LogP contribution in [0.2, 0.25) is 0 Å². The number of nitrogens with one attached hydrogen (secondary N) is 2. The molecule has 3 N–H and O–H groups in total. The number of hydrogen-bond acceptors (Lipinski definition) is 4. The molecule has 0 aromatic heterocycles. The van der Waals surface area contributed by atoms with E-state index in [1.165, 1.54) is 7.05 Å². The summed E-state index contributed by atoms with van der Waals surface area (Å²) in [5, 5.41) is 15.0. The van der Waals surface area contributed by atoms with Crippen molar-refractivity contribution < 1.29 is 24.2 Å². The molecule has 1 aromatic carbocycles. The van der Waals surface area contributed by atoms with Crippen molar-refractivity contribution in [3.05, 3.63) is 28.8 Å². The van der Waals surface area contributed by atoms with E-state index in [9.17, 15) is 19.5 Å². The summed E-state index contributed by atoms with van der Waals surface area (Å²) in [5.41, 5.74) is 1.08. The first-order valence-corrected chi connectivity index (χ1v) is 9.21. The normalized spacial score (nSPS) is 13.0. The van der Waals surface area contributed by atoms with Crippen molar-refractivity contribution in [2.45, 2.75) is 66.6 Å². The Kier molecular flexibility index (Phi) is 7.37. The van der Waals surface area contributed by atoms with Gasteiger partial charge >= 0.3 is 5.97 Å². The predicted molar refractivity (Wildman–Crippen MR) is 108 cm³/mol. The number of carboxylic acid groups (broad SMARTS) is 1. The second kappa shape index (κ2) is 8.73. The van der Waals surface area contributed by atoms with Crippen LogP contribution in [0.25, 0.3) is 0 Å². The molecule has 0 radical (unpaired) electrons. The third-order valence-corrected chi connectivity index (χ3v) is 4.31. The molecule has 0 saturated carbocycles. The second-order valence-corrected chi connectivity index (χ2v) is 8.66. The molecule has 1 atom stereocenters. The van der Waals surface area contributed by atoms with Crippen molar-refractivity contribution >= 4 is 23.5 Å². The Morgan fingerprint density at radius 3 is 2.11 bits per heavy atom. The molecule has 156 valence electrons. The molecule has 0 heterocycles. The Morgan fingerprint density at radius 2 is 1.64 bits per heavy atom. The van der Waals surface area contributed by atoms with E-state index in [0.29, 0.717) is 16.8 Å². The molecule has 0 spiro atoms. The lowest BCUT2D eigenvalue weighted by Crippen LogP contribution is -2.37. The molecule has 1 unspecified atom stereocenters. The summed E-state index contributed by atoms with van der Waals surface area (Å²) < 4.78 is 5.72. The molecule has 0 fully saturated rings. The topological polar surface area (TPSA) is 105 Å². The molecule has 2 amide bonds. The Balaban J connectivity index is 3.10. The monoisotopic (exact) mass is 392 g/mol. The van der Waals surface area contributed by atoms with Gasteiger partial charge in [0.25, 0.3) is 0 Å². The van der Waals surface area contributed by atoms with Gasteiger partial charge in [0.1, 0.15) is 0 Å². The first kappa shape index (κ1) is 23.6. The van der Waals surface area contributed by atoms with Crippen LogP contribution in [0.5, 0.6) is 0 Å². The van der Waals surface area contributed by atoms with Gasteiger partial charge < -0.3 is 20.5 Å². The average Bonchev–Trinajstić information content (AvgIpc) is 2.53. The van der Waals surface area contributed by atoms with Crippen LogP contribution in [0.3, 0.4) is 0 Å². The minimum atomic E-state index is -1.10. The van der Waals surface area contributed by atoms with Gasteiger partial charge in [-0.1, -0.05) is 19.9 Å². The van der Waals surface area contributed by atoms with Gasteiger partial charge in [-0.2, -0.15) is 0 Å². The summed E-state index contributed by atoms with van der Waals surface area (Å²) in [7, 11) is 1.53. The van der Waals surface area contributed by atoms with Crippen molar-refractivity contribution in [1.29, 1.82) is 0 Å². The van der Waals surface area contributed by atoms with Crippen molar-refractivity contribution in [3.63, 3.8) is 0 Å². The van der Waals surface area contributed by atoms with Gasteiger partial charge in [-0.25, -0.2) is 4.79 Å². The lowest BCUT2D eigenvalue weighted by atomic mass is 9.88. The fourth-order valence-corrected chi connectivity index (χ4v) is 2.87. The smallest absolute Gasteiger partial charge is 0.337 e. The van der Waals surface area contributed by atoms with Crippen LogP contribution in [0, 0.1) is 19.3 Å². The van der Waals surface area contributed by atoms with Crippen LogP contribution >= 0.6 is 0 Å². The number of benzene rings is 1. The molecule has 1 rings (SSSR count). The highest BCUT2D eigenvalue weighted by Crippen LogP contribution is 2.31. The van der Waals surface area contributed by atoms with Crippen LogP contribution in [-0.2, 0) is 19.1 Å². The highest BCUT2D eigenvalue weighted by atomic mass is 16.5. The van der Waals surface area contributed by atoms with Gasteiger partial charge in [-0.05, 0) is 57.4 Å². The molecule has 7 heteroatoms. The first-order chi connectivity index (χ1) is 12.7. The lowest BCUT2D eigenvalue weighted by Gasteiger charge is -2.27. The van der Waals surface area contributed by atoms with Crippen molar-refractivity contribution in [1.82, 2.24) is 5.32 Å². The zero-order chi connectivity index (χ0) is 21.9. The number of ether oxygens (including phenoxy) is 1. The summed E-state index contributed by atoms with van der Waals surface area (Å²) in [6.07, 6.45) is -1.08. The number of carbonyl (C=O) groups is 3. The lowest BCUT2D eigenvalue weighted by molar-refractivity contribution is -0.160. The summed E-state index contributed by atoms with van der Waals surface area (Å²) in [6, 6.07) is 3.46. The van der Waals surface area contributed by atoms with Crippen LogP contribution in [-0.4, -0.2) is 35.5 Å². The van der Waals surface area contributed by atoms with Crippen LogP contribution in [0.15, 0.2) is 12.1 Å². The largest absolute Gasteiger partial charge is 0.479 e. The second-order valence-electron chi connectivity index (χ2n) is 8.66. The maximum atomic E-state index is 12.4. The fourth-order valence-electron chi connectivity index (χ4n) is 2.87. The Labute approximate surface area is 166 Å². The van der Waals surface area contributed by atoms with Crippen LogP contribution in [0.1, 0.15) is 63.8 Å². The van der Waals surface area contributed by atoms with Gasteiger partial charge in [0, 0.05) is 19.2 Å². The summed E-state index contributed by atoms with van der Waals surface area (Å²) >= 11 is 0. The molecule has 1 aromatic rings. The average molecular weight is 392 g/mol. The number of hydrogen-bond donors (Lipinski definition) is 3.